The highest BCUT2D eigenvalue weighted by Gasteiger charge is 2.15. The summed E-state index contributed by atoms with van der Waals surface area (Å²) in [7, 11) is 0. The van der Waals surface area contributed by atoms with Crippen LogP contribution < -0.4 is 10.6 Å². The molecule has 2 heterocycles. The van der Waals surface area contributed by atoms with Gasteiger partial charge in [-0.1, -0.05) is 11.6 Å². The monoisotopic (exact) mass is 293 g/mol. The van der Waals surface area contributed by atoms with Crippen molar-refractivity contribution in [3.05, 3.63) is 40.9 Å². The highest BCUT2D eigenvalue weighted by Crippen LogP contribution is 2.16. The number of aryl methyl sites for hydroxylation is 1. The summed E-state index contributed by atoms with van der Waals surface area (Å²) in [4.78, 5) is 15.8. The number of halogens is 1. The predicted octanol–water partition coefficient (Wildman–Crippen LogP) is 2.00. The minimum absolute atomic E-state index is 0.240. The highest BCUT2D eigenvalue weighted by atomic mass is 35.5. The van der Waals surface area contributed by atoms with Gasteiger partial charge in [-0.25, -0.2) is 0 Å². The quantitative estimate of drug-likeness (QED) is 0.711. The first-order chi connectivity index (χ1) is 9.68. The third kappa shape index (κ3) is 3.71. The van der Waals surface area contributed by atoms with Gasteiger partial charge in [0.2, 0.25) is 0 Å². The summed E-state index contributed by atoms with van der Waals surface area (Å²) >= 11 is 5.95. The number of hydrogen-bond acceptors (Lipinski definition) is 4. The number of aromatic amines is 1. The lowest BCUT2D eigenvalue weighted by Gasteiger charge is -2.06. The van der Waals surface area contributed by atoms with E-state index >= 15 is 0 Å². The van der Waals surface area contributed by atoms with Gasteiger partial charge in [0, 0.05) is 25.5 Å². The summed E-state index contributed by atoms with van der Waals surface area (Å²) in [5.41, 5.74) is 1.89. The Labute approximate surface area is 121 Å². The summed E-state index contributed by atoms with van der Waals surface area (Å²) < 4.78 is 0. The van der Waals surface area contributed by atoms with E-state index in [0.717, 1.165) is 18.7 Å². The van der Waals surface area contributed by atoms with E-state index in [1.165, 1.54) is 0 Å². The standard InChI is InChI=1S/C13H16ClN5O/c1-9-11(14)12(19-18-9)13(20)17-7-3-6-16-10-4-2-5-15-8-10/h2,4-5,8,16H,3,6-7H2,1H3,(H,17,20)(H,18,19). The molecule has 0 spiro atoms. The maximum Gasteiger partial charge on any atom is 0.273 e. The van der Waals surface area contributed by atoms with E-state index in [4.69, 9.17) is 11.6 Å². The van der Waals surface area contributed by atoms with Crippen molar-refractivity contribution in [2.45, 2.75) is 13.3 Å². The van der Waals surface area contributed by atoms with E-state index in [-0.39, 0.29) is 11.6 Å². The van der Waals surface area contributed by atoms with Crippen LogP contribution >= 0.6 is 11.6 Å². The largest absolute Gasteiger partial charge is 0.384 e. The topological polar surface area (TPSA) is 82.7 Å². The Kier molecular flexibility index (Phi) is 4.95. The third-order valence-electron chi connectivity index (χ3n) is 2.72. The molecule has 0 bridgehead atoms. The molecule has 0 aromatic carbocycles. The number of carbonyl (C=O) groups excluding carboxylic acids is 1. The number of hydrogen-bond donors (Lipinski definition) is 3. The number of nitrogens with zero attached hydrogens (tertiary/aromatic N) is 2. The Morgan fingerprint density at radius 3 is 2.95 bits per heavy atom. The van der Waals surface area contributed by atoms with Crippen molar-refractivity contribution in [2.24, 2.45) is 0 Å². The Hall–Kier alpha value is -2.08. The Balaban J connectivity index is 1.69. The summed E-state index contributed by atoms with van der Waals surface area (Å²) in [6.07, 6.45) is 4.27. The number of H-pyrrole nitrogens is 1. The summed E-state index contributed by atoms with van der Waals surface area (Å²) in [5, 5.41) is 12.9. The van der Waals surface area contributed by atoms with Crippen molar-refractivity contribution in [3.63, 3.8) is 0 Å². The van der Waals surface area contributed by atoms with Crippen LogP contribution in [0.5, 0.6) is 0 Å². The molecule has 0 unspecified atom stereocenters. The van der Waals surface area contributed by atoms with Gasteiger partial charge in [0.05, 0.1) is 16.4 Å². The molecule has 20 heavy (non-hydrogen) atoms. The molecule has 1 amide bonds. The Morgan fingerprint density at radius 2 is 2.30 bits per heavy atom. The van der Waals surface area contributed by atoms with E-state index in [1.807, 2.05) is 12.1 Å². The molecule has 0 fully saturated rings. The van der Waals surface area contributed by atoms with Gasteiger partial charge in [0.25, 0.3) is 5.91 Å². The van der Waals surface area contributed by atoms with Crippen molar-refractivity contribution in [1.29, 1.82) is 0 Å². The zero-order chi connectivity index (χ0) is 14.4. The minimum Gasteiger partial charge on any atom is -0.384 e. The van der Waals surface area contributed by atoms with Crippen molar-refractivity contribution >= 4 is 23.2 Å². The molecule has 0 atom stereocenters. The van der Waals surface area contributed by atoms with Crippen LogP contribution in [0.2, 0.25) is 5.02 Å². The molecule has 7 heteroatoms. The first-order valence-corrected chi connectivity index (χ1v) is 6.69. The van der Waals surface area contributed by atoms with Crippen molar-refractivity contribution < 1.29 is 4.79 Å². The van der Waals surface area contributed by atoms with Gasteiger partial charge >= 0.3 is 0 Å². The van der Waals surface area contributed by atoms with Gasteiger partial charge in [-0.05, 0) is 25.5 Å². The van der Waals surface area contributed by atoms with E-state index in [0.29, 0.717) is 17.3 Å². The van der Waals surface area contributed by atoms with Crippen molar-refractivity contribution in [2.75, 3.05) is 18.4 Å². The normalized spacial score (nSPS) is 10.3. The summed E-state index contributed by atoms with van der Waals surface area (Å²) in [6.45, 7) is 3.07. The van der Waals surface area contributed by atoms with Crippen LogP contribution in [0.25, 0.3) is 0 Å². The number of pyridine rings is 1. The number of nitrogens with one attached hydrogen (secondary N) is 3. The smallest absolute Gasteiger partial charge is 0.273 e. The SMILES string of the molecule is Cc1[nH]nc(C(=O)NCCCNc2cccnc2)c1Cl. The maximum atomic E-state index is 11.8. The van der Waals surface area contributed by atoms with E-state index < -0.39 is 0 Å². The van der Waals surface area contributed by atoms with Crippen LogP contribution in [0.4, 0.5) is 5.69 Å². The second-order valence-electron chi connectivity index (χ2n) is 4.29. The first kappa shape index (κ1) is 14.3. The number of anilines is 1. The molecule has 3 N–H and O–H groups in total. The van der Waals surface area contributed by atoms with Crippen LogP contribution in [-0.2, 0) is 0 Å². The van der Waals surface area contributed by atoms with Crippen molar-refractivity contribution in [1.82, 2.24) is 20.5 Å². The van der Waals surface area contributed by atoms with Crippen LogP contribution in [0.15, 0.2) is 24.5 Å². The average Bonchev–Trinajstić information content (AvgIpc) is 2.80. The Bertz CT molecular complexity index is 569. The summed E-state index contributed by atoms with van der Waals surface area (Å²) in [5.74, 6) is -0.263. The maximum absolute atomic E-state index is 11.8. The fourth-order valence-electron chi connectivity index (χ4n) is 1.64. The van der Waals surface area contributed by atoms with Crippen LogP contribution in [0, 0.1) is 6.92 Å². The molecular weight excluding hydrogens is 278 g/mol. The molecule has 2 rings (SSSR count). The average molecular weight is 294 g/mol. The third-order valence-corrected chi connectivity index (χ3v) is 3.18. The molecule has 2 aromatic heterocycles. The molecule has 0 radical (unpaired) electrons. The molecule has 6 nitrogen and oxygen atoms in total. The highest BCUT2D eigenvalue weighted by molar-refractivity contribution is 6.34. The van der Waals surface area contributed by atoms with E-state index in [2.05, 4.69) is 25.8 Å². The second-order valence-corrected chi connectivity index (χ2v) is 4.67. The zero-order valence-corrected chi connectivity index (χ0v) is 11.9. The zero-order valence-electron chi connectivity index (χ0n) is 11.1. The molecule has 0 aliphatic carbocycles. The van der Waals surface area contributed by atoms with Gasteiger partial charge in [0.1, 0.15) is 0 Å². The molecular formula is C13H16ClN5O. The van der Waals surface area contributed by atoms with E-state index in [9.17, 15) is 4.79 Å². The fourth-order valence-corrected chi connectivity index (χ4v) is 1.81. The lowest BCUT2D eigenvalue weighted by Crippen LogP contribution is -2.26. The predicted molar refractivity (Wildman–Crippen MR) is 78.0 cm³/mol. The van der Waals surface area contributed by atoms with Gasteiger partial charge in [-0.15, -0.1) is 0 Å². The van der Waals surface area contributed by atoms with Crippen LogP contribution in [-0.4, -0.2) is 34.2 Å². The number of amides is 1. The van der Waals surface area contributed by atoms with Crippen molar-refractivity contribution in [3.8, 4) is 0 Å². The van der Waals surface area contributed by atoms with Crippen LogP contribution in [0.1, 0.15) is 22.6 Å². The van der Waals surface area contributed by atoms with Gasteiger partial charge < -0.3 is 10.6 Å². The Morgan fingerprint density at radius 1 is 1.45 bits per heavy atom. The van der Waals surface area contributed by atoms with Gasteiger partial charge in [-0.3, -0.25) is 14.9 Å². The lowest BCUT2D eigenvalue weighted by molar-refractivity contribution is 0.0948. The first-order valence-electron chi connectivity index (χ1n) is 6.31. The molecule has 0 aliphatic rings. The van der Waals surface area contributed by atoms with Gasteiger partial charge in [-0.2, -0.15) is 5.10 Å². The molecule has 0 saturated carbocycles. The number of rotatable bonds is 6. The number of aromatic nitrogens is 3. The lowest BCUT2D eigenvalue weighted by atomic mass is 10.3. The van der Waals surface area contributed by atoms with Gasteiger partial charge in [0.15, 0.2) is 5.69 Å². The molecule has 2 aromatic rings. The summed E-state index contributed by atoms with van der Waals surface area (Å²) in [6, 6.07) is 3.81. The van der Waals surface area contributed by atoms with E-state index in [1.54, 1.807) is 19.3 Å². The molecule has 106 valence electrons. The second kappa shape index (κ2) is 6.91. The number of carbonyl (C=O) groups is 1. The fraction of sp³-hybridized carbons (Fsp3) is 0.308. The minimum atomic E-state index is -0.263. The molecule has 0 saturated heterocycles. The van der Waals surface area contributed by atoms with Crippen LogP contribution in [0.3, 0.4) is 0 Å². The molecule has 0 aliphatic heterocycles.